The largest absolute Gasteiger partial charge is 0.396 e. The molecule has 3 N–H and O–H groups in total. The van der Waals surface area contributed by atoms with Crippen molar-refractivity contribution in [2.24, 2.45) is 15.8 Å². The average Bonchev–Trinajstić information content (AvgIpc) is 3.26. The molecule has 1 aliphatic heterocycles. The molecule has 2 aromatic rings. The Morgan fingerprint density at radius 1 is 1.29 bits per heavy atom. The molecule has 8 nitrogen and oxygen atoms in total. The van der Waals surface area contributed by atoms with Crippen LogP contribution in [-0.4, -0.2) is 50.7 Å². The van der Waals surface area contributed by atoms with Gasteiger partial charge in [-0.3, -0.25) is 9.89 Å². The third kappa shape index (κ3) is 8.26. The molecule has 1 aliphatic rings. The molecule has 9 heteroatoms. The Morgan fingerprint density at radius 2 is 1.95 bits per heavy atom. The van der Waals surface area contributed by atoms with Gasteiger partial charge in [0.05, 0.1) is 5.69 Å². The lowest BCUT2D eigenvalue weighted by Gasteiger charge is -2.32. The number of hydrogen-bond donors (Lipinski definition) is 2. The quantitative estimate of drug-likeness (QED) is 0.264. The third-order valence-electron chi connectivity index (χ3n) is 6.13. The molecule has 0 saturated heterocycles. The SMILES string of the molecule is CC(C)(C)C=O.CCCC(C)(C)CN(C)c1ccnc2c1CCN2C(=O)Nc1cc(F)c(N)c(C=NC)c1. The Morgan fingerprint density at radius 3 is 2.53 bits per heavy atom. The standard InChI is InChI=1S/C24H33FN6O.C5H10O/c1-6-9-24(2,3)15-30(5)20-7-10-28-22-18(20)8-11-31(22)23(32)29-17-12-16(14-27-4)21(26)19(25)13-17;1-5(2,3)4-6/h7,10,12-14H,6,8-9,11,15,26H2,1-5H3,(H,29,32);4H,1-3H3. The number of fused-ring (bicyclic) bond motifs is 1. The molecule has 0 spiro atoms. The molecule has 0 aliphatic carbocycles. The van der Waals surface area contributed by atoms with E-state index in [1.165, 1.54) is 12.3 Å². The number of carbonyl (C=O) groups excluding carboxylic acids is 2. The topological polar surface area (TPSA) is 104 Å². The number of benzene rings is 1. The molecule has 0 fully saturated rings. The summed E-state index contributed by atoms with van der Waals surface area (Å²) in [6.45, 7) is 13.8. The van der Waals surface area contributed by atoms with Crippen LogP contribution in [0.5, 0.6) is 0 Å². The van der Waals surface area contributed by atoms with Crippen molar-refractivity contribution in [2.45, 2.75) is 60.8 Å². The monoisotopic (exact) mass is 526 g/mol. The second-order valence-electron chi connectivity index (χ2n) is 11.6. The molecule has 0 atom stereocenters. The number of nitrogens with one attached hydrogen (secondary N) is 1. The highest BCUT2D eigenvalue weighted by Crippen LogP contribution is 2.35. The normalized spacial score (nSPS) is 13.1. The fourth-order valence-corrected chi connectivity index (χ4v) is 4.46. The highest BCUT2D eigenvalue weighted by Gasteiger charge is 2.30. The zero-order valence-corrected chi connectivity index (χ0v) is 24.1. The fourth-order valence-electron chi connectivity index (χ4n) is 4.46. The summed E-state index contributed by atoms with van der Waals surface area (Å²) in [6, 6.07) is 4.47. The Hall–Kier alpha value is -3.49. The molecule has 1 aromatic heterocycles. The van der Waals surface area contributed by atoms with E-state index in [2.05, 4.69) is 48.0 Å². The van der Waals surface area contributed by atoms with E-state index in [0.29, 0.717) is 30.0 Å². The minimum atomic E-state index is -0.601. The minimum absolute atomic E-state index is 0.000426. The number of nitrogen functional groups attached to an aromatic ring is 1. The molecule has 0 unspecified atom stereocenters. The first-order chi connectivity index (χ1) is 17.7. The number of aromatic nitrogens is 1. The number of urea groups is 1. The number of hydrogen-bond acceptors (Lipinski definition) is 6. The van der Waals surface area contributed by atoms with Gasteiger partial charge in [-0.25, -0.2) is 14.2 Å². The van der Waals surface area contributed by atoms with Gasteiger partial charge in [-0.1, -0.05) is 48.0 Å². The Labute approximate surface area is 226 Å². The lowest BCUT2D eigenvalue weighted by molar-refractivity contribution is -0.113. The molecule has 2 heterocycles. The van der Waals surface area contributed by atoms with E-state index >= 15 is 0 Å². The van der Waals surface area contributed by atoms with Crippen LogP contribution in [0.25, 0.3) is 0 Å². The summed E-state index contributed by atoms with van der Waals surface area (Å²) in [6.07, 6.45) is 7.13. The van der Waals surface area contributed by atoms with Gasteiger partial charge in [-0.2, -0.15) is 0 Å². The molecular weight excluding hydrogens is 483 g/mol. The van der Waals surface area contributed by atoms with Crippen molar-refractivity contribution >= 4 is 41.4 Å². The zero-order chi connectivity index (χ0) is 28.7. The predicted molar refractivity (Wildman–Crippen MR) is 156 cm³/mol. The summed E-state index contributed by atoms with van der Waals surface area (Å²) in [4.78, 5) is 35.1. The van der Waals surface area contributed by atoms with E-state index in [0.717, 1.165) is 36.9 Å². The van der Waals surface area contributed by atoms with E-state index in [-0.39, 0.29) is 22.5 Å². The van der Waals surface area contributed by atoms with Crippen molar-refractivity contribution in [1.29, 1.82) is 0 Å². The number of nitrogens with two attached hydrogens (primary N) is 1. The van der Waals surface area contributed by atoms with Crippen molar-refractivity contribution in [3.05, 3.63) is 41.3 Å². The van der Waals surface area contributed by atoms with Crippen molar-refractivity contribution in [3.63, 3.8) is 0 Å². The van der Waals surface area contributed by atoms with Crippen LogP contribution in [0.1, 0.15) is 65.5 Å². The highest BCUT2D eigenvalue weighted by molar-refractivity contribution is 6.03. The van der Waals surface area contributed by atoms with Crippen LogP contribution in [0, 0.1) is 16.6 Å². The summed E-state index contributed by atoms with van der Waals surface area (Å²) in [5, 5.41) is 2.77. The van der Waals surface area contributed by atoms with Crippen LogP contribution in [0.4, 0.5) is 32.1 Å². The van der Waals surface area contributed by atoms with Gasteiger partial charge >= 0.3 is 6.03 Å². The van der Waals surface area contributed by atoms with Crippen LogP contribution >= 0.6 is 0 Å². The van der Waals surface area contributed by atoms with Crippen LogP contribution in [0.2, 0.25) is 0 Å². The first kappa shape index (κ1) is 30.7. The molecule has 0 radical (unpaired) electrons. The van der Waals surface area contributed by atoms with E-state index in [9.17, 15) is 14.0 Å². The van der Waals surface area contributed by atoms with Gasteiger partial charge in [0.15, 0.2) is 0 Å². The average molecular weight is 527 g/mol. The van der Waals surface area contributed by atoms with Crippen LogP contribution in [-0.2, 0) is 11.2 Å². The van der Waals surface area contributed by atoms with E-state index < -0.39 is 5.82 Å². The number of rotatable bonds is 7. The summed E-state index contributed by atoms with van der Waals surface area (Å²) in [7, 11) is 3.66. The lowest BCUT2D eigenvalue weighted by atomic mass is 9.87. The van der Waals surface area contributed by atoms with Crippen molar-refractivity contribution in [3.8, 4) is 0 Å². The van der Waals surface area contributed by atoms with Gasteiger partial charge in [-0.15, -0.1) is 0 Å². The summed E-state index contributed by atoms with van der Waals surface area (Å²) >= 11 is 0. The van der Waals surface area contributed by atoms with Gasteiger partial charge in [0.2, 0.25) is 0 Å². The molecule has 2 amide bonds. The van der Waals surface area contributed by atoms with Crippen LogP contribution in [0.15, 0.2) is 29.4 Å². The molecule has 3 rings (SSSR count). The van der Waals surface area contributed by atoms with Crippen molar-refractivity contribution in [2.75, 3.05) is 48.0 Å². The number of nitrogens with zero attached hydrogens (tertiary/aromatic N) is 4. The van der Waals surface area contributed by atoms with Gasteiger partial charge in [0.1, 0.15) is 17.9 Å². The molecule has 0 saturated carbocycles. The Balaban J connectivity index is 0.000000757. The highest BCUT2D eigenvalue weighted by atomic mass is 19.1. The second-order valence-corrected chi connectivity index (χ2v) is 11.6. The third-order valence-corrected chi connectivity index (χ3v) is 6.13. The summed E-state index contributed by atoms with van der Waals surface area (Å²) in [5.74, 6) is 0.0441. The number of halogens is 1. The van der Waals surface area contributed by atoms with E-state index in [1.807, 2.05) is 26.8 Å². The Bertz CT molecular complexity index is 1160. The van der Waals surface area contributed by atoms with E-state index in [4.69, 9.17) is 5.73 Å². The number of carbonyl (C=O) groups is 2. The number of pyridine rings is 1. The smallest absolute Gasteiger partial charge is 0.327 e. The molecule has 1 aromatic carbocycles. The summed E-state index contributed by atoms with van der Waals surface area (Å²) < 4.78 is 14.2. The van der Waals surface area contributed by atoms with Gasteiger partial charge in [0, 0.05) is 67.5 Å². The number of amides is 2. The molecular formula is C29H43FN6O2. The maximum absolute atomic E-state index is 14.2. The molecule has 208 valence electrons. The predicted octanol–water partition coefficient (Wildman–Crippen LogP) is 5.94. The first-order valence-corrected chi connectivity index (χ1v) is 13.0. The van der Waals surface area contributed by atoms with Gasteiger partial charge < -0.3 is 20.7 Å². The van der Waals surface area contributed by atoms with Crippen LogP contribution in [0.3, 0.4) is 0 Å². The Kier molecular flexibility index (Phi) is 10.4. The zero-order valence-electron chi connectivity index (χ0n) is 24.1. The maximum atomic E-state index is 14.2. The number of aliphatic imine (C=N–C) groups is 1. The van der Waals surface area contributed by atoms with Crippen molar-refractivity contribution in [1.82, 2.24) is 4.98 Å². The first-order valence-electron chi connectivity index (χ1n) is 13.0. The summed E-state index contributed by atoms with van der Waals surface area (Å²) in [5.41, 5.74) is 8.69. The number of anilines is 4. The maximum Gasteiger partial charge on any atom is 0.327 e. The number of aldehydes is 1. The van der Waals surface area contributed by atoms with E-state index in [1.54, 1.807) is 24.2 Å². The second kappa shape index (κ2) is 12.8. The van der Waals surface area contributed by atoms with Gasteiger partial charge in [0.25, 0.3) is 0 Å². The molecule has 38 heavy (non-hydrogen) atoms. The van der Waals surface area contributed by atoms with Crippen LogP contribution < -0.4 is 20.9 Å². The van der Waals surface area contributed by atoms with Crippen molar-refractivity contribution < 1.29 is 14.0 Å². The van der Waals surface area contributed by atoms with Gasteiger partial charge in [-0.05, 0) is 36.5 Å². The molecule has 0 bridgehead atoms. The fraction of sp³-hybridized carbons (Fsp3) is 0.517. The lowest BCUT2D eigenvalue weighted by Crippen LogP contribution is -2.34. The minimum Gasteiger partial charge on any atom is -0.396 e.